The lowest BCUT2D eigenvalue weighted by Gasteiger charge is -2.18. The SMILES string of the molecule is CN=C(NCc1ncc(F)cc1F)Nc1c(C)cccc1Oc1ccccc1Cl. The highest BCUT2D eigenvalue weighted by Gasteiger charge is 2.13. The summed E-state index contributed by atoms with van der Waals surface area (Å²) in [5.74, 6) is -0.0223. The number of para-hydroxylation sites is 2. The molecule has 0 fully saturated rings. The molecule has 0 bridgehead atoms. The van der Waals surface area contributed by atoms with Gasteiger partial charge in [-0.3, -0.25) is 9.98 Å². The van der Waals surface area contributed by atoms with Gasteiger partial charge in [0.15, 0.2) is 11.7 Å². The minimum absolute atomic E-state index is 0.0262. The van der Waals surface area contributed by atoms with Crippen LogP contribution in [0.15, 0.2) is 59.7 Å². The molecule has 2 N–H and O–H groups in total. The summed E-state index contributed by atoms with van der Waals surface area (Å²) in [5, 5.41) is 6.60. The number of guanidine groups is 1. The van der Waals surface area contributed by atoms with Gasteiger partial charge in [0.2, 0.25) is 0 Å². The number of hydrogen-bond donors (Lipinski definition) is 2. The van der Waals surface area contributed by atoms with Gasteiger partial charge < -0.3 is 15.4 Å². The minimum atomic E-state index is -0.730. The lowest BCUT2D eigenvalue weighted by atomic mass is 10.2. The maximum atomic E-state index is 13.8. The summed E-state index contributed by atoms with van der Waals surface area (Å²) in [6.45, 7) is 1.94. The number of benzene rings is 2. The molecule has 0 radical (unpaired) electrons. The molecule has 2 aromatic carbocycles. The van der Waals surface area contributed by atoms with E-state index in [9.17, 15) is 8.78 Å². The van der Waals surface area contributed by atoms with Crippen LogP contribution in [0.5, 0.6) is 11.5 Å². The van der Waals surface area contributed by atoms with E-state index in [-0.39, 0.29) is 12.2 Å². The van der Waals surface area contributed by atoms with Gasteiger partial charge in [-0.25, -0.2) is 8.78 Å². The molecule has 3 rings (SSSR count). The number of aromatic nitrogens is 1. The third-order valence-electron chi connectivity index (χ3n) is 4.07. The quantitative estimate of drug-likeness (QED) is 0.437. The molecule has 0 aliphatic rings. The molecule has 0 amide bonds. The van der Waals surface area contributed by atoms with Crippen LogP contribution in [0.4, 0.5) is 14.5 Å². The molecule has 0 aliphatic carbocycles. The van der Waals surface area contributed by atoms with Crippen molar-refractivity contribution in [1.29, 1.82) is 0 Å². The van der Waals surface area contributed by atoms with Crippen LogP contribution in [0.25, 0.3) is 0 Å². The van der Waals surface area contributed by atoms with Gasteiger partial charge in [-0.15, -0.1) is 0 Å². The molecule has 0 spiro atoms. The first-order chi connectivity index (χ1) is 14.0. The van der Waals surface area contributed by atoms with Crippen molar-refractivity contribution in [3.63, 3.8) is 0 Å². The van der Waals surface area contributed by atoms with E-state index in [2.05, 4.69) is 20.6 Å². The molecule has 150 valence electrons. The number of aliphatic imine (C=N–C) groups is 1. The van der Waals surface area contributed by atoms with Gasteiger partial charge in [0, 0.05) is 13.1 Å². The standard InChI is InChI=1S/C21H19ClF2N4O/c1-13-6-5-9-19(29-18-8-4-3-7-15(18)22)20(13)28-21(25-2)27-12-17-16(24)10-14(23)11-26-17/h3-11H,12H2,1-2H3,(H2,25,27,28). The molecule has 8 heteroatoms. The third kappa shape index (κ3) is 5.20. The monoisotopic (exact) mass is 416 g/mol. The summed E-state index contributed by atoms with van der Waals surface area (Å²) in [5.41, 5.74) is 1.66. The fraction of sp³-hybridized carbons (Fsp3) is 0.143. The van der Waals surface area contributed by atoms with Crippen LogP contribution in [-0.2, 0) is 6.54 Å². The van der Waals surface area contributed by atoms with Crippen molar-refractivity contribution in [2.45, 2.75) is 13.5 Å². The van der Waals surface area contributed by atoms with Crippen molar-refractivity contribution >= 4 is 23.2 Å². The van der Waals surface area contributed by atoms with Crippen LogP contribution in [0.2, 0.25) is 5.02 Å². The molecule has 0 saturated heterocycles. The molecule has 5 nitrogen and oxygen atoms in total. The number of pyridine rings is 1. The number of halogens is 3. The zero-order valence-corrected chi connectivity index (χ0v) is 16.6. The van der Waals surface area contributed by atoms with Crippen LogP contribution < -0.4 is 15.4 Å². The average Bonchev–Trinajstić information content (AvgIpc) is 2.70. The zero-order chi connectivity index (χ0) is 20.8. The largest absolute Gasteiger partial charge is 0.454 e. The van der Waals surface area contributed by atoms with Gasteiger partial charge in [0.25, 0.3) is 0 Å². The Bertz CT molecular complexity index is 1040. The van der Waals surface area contributed by atoms with Gasteiger partial charge in [-0.2, -0.15) is 0 Å². The van der Waals surface area contributed by atoms with Gasteiger partial charge in [-0.1, -0.05) is 35.9 Å². The van der Waals surface area contributed by atoms with Crippen molar-refractivity contribution in [2.24, 2.45) is 4.99 Å². The van der Waals surface area contributed by atoms with Crippen molar-refractivity contribution in [1.82, 2.24) is 10.3 Å². The number of nitrogens with one attached hydrogen (secondary N) is 2. The molecule has 0 aliphatic heterocycles. The smallest absolute Gasteiger partial charge is 0.195 e. The van der Waals surface area contributed by atoms with E-state index in [0.29, 0.717) is 28.2 Å². The second-order valence-electron chi connectivity index (χ2n) is 6.11. The highest BCUT2D eigenvalue weighted by molar-refractivity contribution is 6.32. The topological polar surface area (TPSA) is 58.5 Å². The van der Waals surface area contributed by atoms with Gasteiger partial charge in [0.05, 0.1) is 29.1 Å². The summed E-state index contributed by atoms with van der Waals surface area (Å²) in [4.78, 5) is 7.90. The van der Waals surface area contributed by atoms with E-state index in [0.717, 1.165) is 17.8 Å². The van der Waals surface area contributed by atoms with Crippen LogP contribution in [0, 0.1) is 18.6 Å². The Kier molecular flexibility index (Phi) is 6.61. The maximum Gasteiger partial charge on any atom is 0.195 e. The molecular weight excluding hydrogens is 398 g/mol. The minimum Gasteiger partial charge on any atom is -0.454 e. The Morgan fingerprint density at radius 1 is 1.14 bits per heavy atom. The third-order valence-corrected chi connectivity index (χ3v) is 4.38. The lowest BCUT2D eigenvalue weighted by molar-refractivity contribution is 0.485. The van der Waals surface area contributed by atoms with E-state index < -0.39 is 11.6 Å². The van der Waals surface area contributed by atoms with E-state index in [1.54, 1.807) is 25.2 Å². The van der Waals surface area contributed by atoms with Gasteiger partial charge >= 0.3 is 0 Å². The average molecular weight is 417 g/mol. The van der Waals surface area contributed by atoms with Gasteiger partial charge in [-0.05, 0) is 30.7 Å². The first-order valence-corrected chi connectivity index (χ1v) is 9.15. The fourth-order valence-electron chi connectivity index (χ4n) is 2.57. The summed E-state index contributed by atoms with van der Waals surface area (Å²) in [7, 11) is 1.58. The fourth-order valence-corrected chi connectivity index (χ4v) is 2.74. The number of hydrogen-bond acceptors (Lipinski definition) is 3. The molecule has 1 aromatic heterocycles. The highest BCUT2D eigenvalue weighted by atomic mass is 35.5. The molecule has 3 aromatic rings. The van der Waals surface area contributed by atoms with Crippen LogP contribution in [0.1, 0.15) is 11.3 Å². The van der Waals surface area contributed by atoms with Crippen LogP contribution >= 0.6 is 11.6 Å². The van der Waals surface area contributed by atoms with E-state index >= 15 is 0 Å². The predicted octanol–water partition coefficient (Wildman–Crippen LogP) is 5.30. The molecule has 0 atom stereocenters. The molecular formula is C21H19ClF2N4O. The van der Waals surface area contributed by atoms with Gasteiger partial charge in [0.1, 0.15) is 17.4 Å². The molecule has 0 saturated carbocycles. The Balaban J connectivity index is 1.78. The van der Waals surface area contributed by atoms with E-state index in [1.807, 2.05) is 31.2 Å². The second kappa shape index (κ2) is 9.34. The normalized spacial score (nSPS) is 11.3. The van der Waals surface area contributed by atoms with Crippen molar-refractivity contribution in [3.05, 3.63) is 82.6 Å². The van der Waals surface area contributed by atoms with Crippen molar-refractivity contribution in [2.75, 3.05) is 12.4 Å². The molecule has 0 unspecified atom stereocenters. The Hall–Kier alpha value is -3.19. The first kappa shape index (κ1) is 20.5. The zero-order valence-electron chi connectivity index (χ0n) is 15.8. The first-order valence-electron chi connectivity index (χ1n) is 8.77. The molecule has 1 heterocycles. The summed E-state index contributed by atoms with van der Waals surface area (Å²) in [6, 6.07) is 13.5. The van der Waals surface area contributed by atoms with Crippen LogP contribution in [-0.4, -0.2) is 18.0 Å². The van der Waals surface area contributed by atoms with Crippen molar-refractivity contribution in [3.8, 4) is 11.5 Å². The van der Waals surface area contributed by atoms with E-state index in [4.69, 9.17) is 16.3 Å². The maximum absolute atomic E-state index is 13.8. The number of nitrogens with zero attached hydrogens (tertiary/aromatic N) is 2. The number of rotatable bonds is 5. The number of ether oxygens (including phenoxy) is 1. The summed E-state index contributed by atoms with van der Waals surface area (Å²) in [6.07, 6.45) is 0.965. The van der Waals surface area contributed by atoms with Crippen molar-refractivity contribution < 1.29 is 13.5 Å². The lowest BCUT2D eigenvalue weighted by Crippen LogP contribution is -2.31. The Morgan fingerprint density at radius 2 is 1.90 bits per heavy atom. The Morgan fingerprint density at radius 3 is 2.62 bits per heavy atom. The molecule has 29 heavy (non-hydrogen) atoms. The number of anilines is 1. The summed E-state index contributed by atoms with van der Waals surface area (Å²) < 4.78 is 32.8. The van der Waals surface area contributed by atoms with E-state index in [1.165, 1.54) is 0 Å². The van der Waals surface area contributed by atoms with Crippen LogP contribution in [0.3, 0.4) is 0 Å². The summed E-state index contributed by atoms with van der Waals surface area (Å²) >= 11 is 6.19. The number of aryl methyl sites for hydroxylation is 1. The highest BCUT2D eigenvalue weighted by Crippen LogP contribution is 2.35. The predicted molar refractivity (Wildman–Crippen MR) is 111 cm³/mol. The Labute approximate surface area is 172 Å². The second-order valence-corrected chi connectivity index (χ2v) is 6.52.